The number of halogens is 1. The number of carbonyl (C=O) groups excluding carboxylic acids is 1. The normalized spacial score (nSPS) is 9.36. The van der Waals surface area contributed by atoms with E-state index in [1.165, 1.54) is 12.1 Å². The lowest BCUT2D eigenvalue weighted by atomic mass is 10.3. The van der Waals surface area contributed by atoms with Gasteiger partial charge >= 0.3 is 6.09 Å². The first kappa shape index (κ1) is 18.0. The molecule has 0 spiro atoms. The van der Waals surface area contributed by atoms with Crippen molar-refractivity contribution in [2.45, 2.75) is 0 Å². The van der Waals surface area contributed by atoms with Crippen molar-refractivity contribution in [2.24, 2.45) is 5.84 Å². The number of hydrogen-bond acceptors (Lipinski definition) is 4. The first-order valence-electron chi connectivity index (χ1n) is 7.39. The number of hydrogen-bond donors (Lipinski definition) is 2. The predicted molar refractivity (Wildman–Crippen MR) is 92.7 cm³/mol. The smallest absolute Gasteiger partial charge is 0.426 e. The first-order valence-corrected chi connectivity index (χ1v) is 7.39. The molecule has 0 unspecified atom stereocenters. The number of hydrazine groups is 1. The van der Waals surface area contributed by atoms with E-state index in [1.54, 1.807) is 42.5 Å². The molecule has 0 radical (unpaired) electrons. The molecule has 1 amide bonds. The van der Waals surface area contributed by atoms with E-state index >= 15 is 0 Å². The SMILES string of the molecule is Fc1ccccc1.NNC(=O)Oc1ccc(Oc2ccccc2)cc1. The van der Waals surface area contributed by atoms with Crippen LogP contribution in [0, 0.1) is 5.82 Å². The molecular weight excluding hydrogens is 323 g/mol. The maximum Gasteiger partial charge on any atom is 0.426 e. The summed E-state index contributed by atoms with van der Waals surface area (Å²) < 4.78 is 22.3. The van der Waals surface area contributed by atoms with E-state index in [4.69, 9.17) is 15.3 Å². The summed E-state index contributed by atoms with van der Waals surface area (Å²) >= 11 is 0. The van der Waals surface area contributed by atoms with E-state index in [2.05, 4.69) is 0 Å². The van der Waals surface area contributed by atoms with Gasteiger partial charge in [-0.2, -0.15) is 0 Å². The highest BCUT2D eigenvalue weighted by Crippen LogP contribution is 2.23. The topological polar surface area (TPSA) is 73.6 Å². The highest BCUT2D eigenvalue weighted by Gasteiger charge is 2.02. The van der Waals surface area contributed by atoms with Crippen LogP contribution in [0.25, 0.3) is 0 Å². The molecule has 0 aromatic heterocycles. The van der Waals surface area contributed by atoms with E-state index in [0.29, 0.717) is 11.5 Å². The van der Waals surface area contributed by atoms with Gasteiger partial charge in [0.05, 0.1) is 0 Å². The average molecular weight is 340 g/mol. The van der Waals surface area contributed by atoms with Crippen molar-refractivity contribution < 1.29 is 18.7 Å². The number of rotatable bonds is 3. The summed E-state index contributed by atoms with van der Waals surface area (Å²) in [6.45, 7) is 0. The molecule has 5 nitrogen and oxygen atoms in total. The number of benzene rings is 3. The summed E-state index contributed by atoms with van der Waals surface area (Å²) in [5.41, 5.74) is 1.88. The Kier molecular flexibility index (Phi) is 6.96. The molecule has 0 aliphatic rings. The van der Waals surface area contributed by atoms with E-state index in [9.17, 15) is 9.18 Å². The lowest BCUT2D eigenvalue weighted by Gasteiger charge is -2.06. The minimum atomic E-state index is -0.716. The van der Waals surface area contributed by atoms with E-state index < -0.39 is 6.09 Å². The van der Waals surface area contributed by atoms with E-state index in [1.807, 2.05) is 35.8 Å². The minimum absolute atomic E-state index is 0.178. The Hall–Kier alpha value is -3.38. The summed E-state index contributed by atoms with van der Waals surface area (Å²) in [7, 11) is 0. The van der Waals surface area contributed by atoms with Gasteiger partial charge in [0.15, 0.2) is 0 Å². The van der Waals surface area contributed by atoms with Gasteiger partial charge in [0.25, 0.3) is 0 Å². The molecule has 0 heterocycles. The van der Waals surface area contributed by atoms with Gasteiger partial charge in [0.2, 0.25) is 0 Å². The van der Waals surface area contributed by atoms with Crippen LogP contribution in [-0.2, 0) is 0 Å². The summed E-state index contributed by atoms with van der Waals surface area (Å²) in [5, 5.41) is 0. The van der Waals surface area contributed by atoms with Crippen molar-refractivity contribution in [1.29, 1.82) is 0 Å². The second-order valence-electron chi connectivity index (χ2n) is 4.72. The molecular formula is C19H17FN2O3. The van der Waals surface area contributed by atoms with E-state index in [0.717, 1.165) is 5.75 Å². The molecule has 3 aromatic rings. The van der Waals surface area contributed by atoms with Crippen molar-refractivity contribution in [3.8, 4) is 17.2 Å². The van der Waals surface area contributed by atoms with Crippen LogP contribution in [-0.4, -0.2) is 6.09 Å². The minimum Gasteiger partial charge on any atom is -0.457 e. The molecule has 3 aromatic carbocycles. The van der Waals surface area contributed by atoms with Gasteiger partial charge in [0, 0.05) is 0 Å². The van der Waals surface area contributed by atoms with Gasteiger partial charge < -0.3 is 9.47 Å². The number of para-hydroxylation sites is 1. The lowest BCUT2D eigenvalue weighted by molar-refractivity contribution is 0.200. The molecule has 0 saturated heterocycles. The Balaban J connectivity index is 0.000000269. The molecule has 0 aliphatic heterocycles. The molecule has 0 atom stereocenters. The second-order valence-corrected chi connectivity index (χ2v) is 4.72. The van der Waals surface area contributed by atoms with E-state index in [-0.39, 0.29) is 5.82 Å². The maximum absolute atomic E-state index is 11.9. The fourth-order valence-electron chi connectivity index (χ4n) is 1.75. The average Bonchev–Trinajstić information content (AvgIpc) is 2.65. The Bertz CT molecular complexity index is 766. The van der Waals surface area contributed by atoms with Crippen molar-refractivity contribution in [3.05, 3.63) is 90.7 Å². The number of nitrogens with one attached hydrogen (secondary N) is 1. The van der Waals surface area contributed by atoms with Crippen LogP contribution in [0.2, 0.25) is 0 Å². The van der Waals surface area contributed by atoms with Crippen molar-refractivity contribution in [2.75, 3.05) is 0 Å². The van der Waals surface area contributed by atoms with Gasteiger partial charge in [-0.25, -0.2) is 15.0 Å². The van der Waals surface area contributed by atoms with Gasteiger partial charge in [0.1, 0.15) is 23.1 Å². The van der Waals surface area contributed by atoms with Crippen LogP contribution in [0.15, 0.2) is 84.9 Å². The maximum atomic E-state index is 11.9. The predicted octanol–water partition coefficient (Wildman–Crippen LogP) is 4.27. The standard InChI is InChI=1S/C13H12N2O3.C6H5F/c14-15-13(16)18-12-8-6-11(7-9-12)17-10-4-2-1-3-5-10;7-6-4-2-1-3-5-6/h1-9H,14H2,(H,15,16);1-5H. The van der Waals surface area contributed by atoms with Crippen LogP contribution < -0.4 is 20.7 Å². The van der Waals surface area contributed by atoms with Crippen LogP contribution in [0.3, 0.4) is 0 Å². The number of amides is 1. The van der Waals surface area contributed by atoms with Gasteiger partial charge in [-0.05, 0) is 48.5 Å². The zero-order valence-corrected chi connectivity index (χ0v) is 13.3. The Morgan fingerprint density at radius 3 is 1.72 bits per heavy atom. The molecule has 0 aliphatic carbocycles. The second kappa shape index (κ2) is 9.69. The number of carbonyl (C=O) groups is 1. The van der Waals surface area contributed by atoms with Crippen LogP contribution in [0.1, 0.15) is 0 Å². The molecule has 0 fully saturated rings. The summed E-state index contributed by atoms with van der Waals surface area (Å²) in [5.74, 6) is 6.51. The fourth-order valence-corrected chi connectivity index (χ4v) is 1.75. The van der Waals surface area contributed by atoms with Crippen molar-refractivity contribution in [1.82, 2.24) is 5.43 Å². The monoisotopic (exact) mass is 340 g/mol. The van der Waals surface area contributed by atoms with Crippen LogP contribution in [0.4, 0.5) is 9.18 Å². The highest BCUT2D eigenvalue weighted by molar-refractivity contribution is 5.69. The summed E-state index contributed by atoms with van der Waals surface area (Å²) in [6, 6.07) is 24.0. The third kappa shape index (κ3) is 6.72. The van der Waals surface area contributed by atoms with Gasteiger partial charge in [-0.3, -0.25) is 5.43 Å². The molecule has 25 heavy (non-hydrogen) atoms. The molecule has 0 bridgehead atoms. The Morgan fingerprint density at radius 1 is 0.760 bits per heavy atom. The third-order valence-electron chi connectivity index (χ3n) is 2.86. The Morgan fingerprint density at radius 2 is 1.24 bits per heavy atom. The molecule has 6 heteroatoms. The lowest BCUT2D eigenvalue weighted by Crippen LogP contribution is -2.32. The zero-order valence-electron chi connectivity index (χ0n) is 13.3. The first-order chi connectivity index (χ1) is 12.2. The molecule has 3 N–H and O–H groups in total. The zero-order chi connectivity index (χ0) is 17.9. The van der Waals surface area contributed by atoms with Crippen molar-refractivity contribution >= 4 is 6.09 Å². The van der Waals surface area contributed by atoms with Gasteiger partial charge in [-0.1, -0.05) is 36.4 Å². The molecule has 128 valence electrons. The van der Waals surface area contributed by atoms with Crippen LogP contribution in [0.5, 0.6) is 17.2 Å². The van der Waals surface area contributed by atoms with Crippen molar-refractivity contribution in [3.63, 3.8) is 0 Å². The quantitative estimate of drug-likeness (QED) is 0.424. The fraction of sp³-hybridized carbons (Fsp3) is 0. The summed E-state index contributed by atoms with van der Waals surface area (Å²) in [4.78, 5) is 10.9. The molecule has 0 saturated carbocycles. The Labute approximate surface area is 144 Å². The largest absolute Gasteiger partial charge is 0.457 e. The highest BCUT2D eigenvalue weighted by atomic mass is 19.1. The number of ether oxygens (including phenoxy) is 2. The number of nitrogens with two attached hydrogens (primary N) is 1. The summed E-state index contributed by atoms with van der Waals surface area (Å²) in [6.07, 6.45) is -0.716. The third-order valence-corrected chi connectivity index (χ3v) is 2.86. The molecule has 3 rings (SSSR count). The van der Waals surface area contributed by atoms with Gasteiger partial charge in [-0.15, -0.1) is 0 Å². The van der Waals surface area contributed by atoms with Crippen LogP contribution >= 0.6 is 0 Å².